The summed E-state index contributed by atoms with van der Waals surface area (Å²) in [4.78, 5) is 2.61. The molecule has 0 spiro atoms. The van der Waals surface area contributed by atoms with Gasteiger partial charge < -0.3 is 11.1 Å². The van der Waals surface area contributed by atoms with Gasteiger partial charge in [-0.25, -0.2) is 13.1 Å². The summed E-state index contributed by atoms with van der Waals surface area (Å²) in [6.07, 6.45) is 2.48. The largest absolute Gasteiger partial charge is 0.399 e. The van der Waals surface area contributed by atoms with Gasteiger partial charge in [0.15, 0.2) is 0 Å². The fourth-order valence-electron chi connectivity index (χ4n) is 2.59. The van der Waals surface area contributed by atoms with Crippen LogP contribution in [0.3, 0.4) is 0 Å². The van der Waals surface area contributed by atoms with E-state index in [1.165, 1.54) is 26.0 Å². The number of rotatable bonds is 6. The highest BCUT2D eigenvalue weighted by Crippen LogP contribution is 2.24. The zero-order valence-corrected chi connectivity index (χ0v) is 13.4. The molecule has 4 N–H and O–H groups in total. The Labute approximate surface area is 126 Å². The third-order valence-corrected chi connectivity index (χ3v) is 5.37. The lowest BCUT2D eigenvalue weighted by molar-refractivity contribution is 0.269. The second kappa shape index (κ2) is 6.64. The fourth-order valence-corrected chi connectivity index (χ4v) is 3.53. The average molecular weight is 312 g/mol. The molecule has 118 valence electrons. The van der Waals surface area contributed by atoms with Crippen LogP contribution in [0, 0.1) is 0 Å². The van der Waals surface area contributed by atoms with Crippen molar-refractivity contribution in [2.45, 2.75) is 30.7 Å². The minimum absolute atomic E-state index is 0.193. The third-order valence-electron chi connectivity index (χ3n) is 3.92. The molecule has 6 nitrogen and oxygen atoms in total. The van der Waals surface area contributed by atoms with Crippen LogP contribution in [0.2, 0.25) is 0 Å². The smallest absolute Gasteiger partial charge is 0.242 e. The van der Waals surface area contributed by atoms with Crippen LogP contribution < -0.4 is 15.8 Å². The van der Waals surface area contributed by atoms with Gasteiger partial charge in [0.1, 0.15) is 4.90 Å². The number of nitrogen functional groups attached to an aromatic ring is 1. The maximum absolute atomic E-state index is 12.1. The predicted molar refractivity (Wildman–Crippen MR) is 85.9 cm³/mol. The molecule has 0 bridgehead atoms. The van der Waals surface area contributed by atoms with Crippen molar-refractivity contribution < 1.29 is 8.42 Å². The number of nitrogens with one attached hydrogen (secondary N) is 2. The van der Waals surface area contributed by atoms with Crippen LogP contribution in [0.25, 0.3) is 0 Å². The van der Waals surface area contributed by atoms with E-state index < -0.39 is 10.0 Å². The summed E-state index contributed by atoms with van der Waals surface area (Å²) in [5, 5.41) is 3.24. The Morgan fingerprint density at radius 3 is 2.62 bits per heavy atom. The molecule has 1 heterocycles. The fraction of sp³-hybridized carbons (Fsp3) is 0.571. The van der Waals surface area contributed by atoms with Gasteiger partial charge in [-0.1, -0.05) is 0 Å². The minimum atomic E-state index is -3.52. The van der Waals surface area contributed by atoms with Crippen molar-refractivity contribution in [1.29, 1.82) is 0 Å². The molecule has 1 aliphatic rings. The van der Waals surface area contributed by atoms with E-state index in [0.29, 0.717) is 24.0 Å². The second-order valence-electron chi connectivity index (χ2n) is 5.44. The van der Waals surface area contributed by atoms with Crippen molar-refractivity contribution >= 4 is 21.4 Å². The number of hydrogen-bond donors (Lipinski definition) is 3. The summed E-state index contributed by atoms with van der Waals surface area (Å²) in [5.41, 5.74) is 6.73. The first kappa shape index (κ1) is 16.1. The molecule has 0 saturated carbocycles. The van der Waals surface area contributed by atoms with Crippen molar-refractivity contribution in [3.05, 3.63) is 18.2 Å². The van der Waals surface area contributed by atoms with Crippen molar-refractivity contribution in [2.75, 3.05) is 37.7 Å². The number of benzene rings is 1. The molecule has 21 heavy (non-hydrogen) atoms. The lowest BCUT2D eigenvalue weighted by Gasteiger charge is -2.25. The number of nitrogens with zero attached hydrogens (tertiary/aromatic N) is 1. The van der Waals surface area contributed by atoms with E-state index in [-0.39, 0.29) is 4.90 Å². The normalized spacial score (nSPS) is 17.8. The highest BCUT2D eigenvalue weighted by Gasteiger charge is 2.20. The summed E-state index contributed by atoms with van der Waals surface area (Å²) >= 11 is 0. The van der Waals surface area contributed by atoms with E-state index in [2.05, 4.69) is 21.9 Å². The molecule has 1 aromatic rings. The van der Waals surface area contributed by atoms with Crippen molar-refractivity contribution in [3.8, 4) is 0 Å². The Balaban J connectivity index is 2.12. The lowest BCUT2D eigenvalue weighted by Crippen LogP contribution is -2.35. The molecule has 1 atom stereocenters. The maximum Gasteiger partial charge on any atom is 0.242 e. The van der Waals surface area contributed by atoms with E-state index in [4.69, 9.17) is 5.73 Å². The number of likely N-dealkylation sites (tertiary alicyclic amines) is 1. The number of hydrogen-bond acceptors (Lipinski definition) is 5. The molecule has 0 amide bonds. The number of sulfonamides is 1. The SMILES string of the molecule is CNS(=O)(=O)c1cc(N)ccc1NCC(C)N1CCCC1. The summed E-state index contributed by atoms with van der Waals surface area (Å²) in [7, 11) is -2.13. The van der Waals surface area contributed by atoms with Crippen LogP contribution in [0.15, 0.2) is 23.1 Å². The average Bonchev–Trinajstić information content (AvgIpc) is 2.99. The van der Waals surface area contributed by atoms with Gasteiger partial charge in [-0.05, 0) is 58.1 Å². The standard InChI is InChI=1S/C14H24N4O2S/c1-11(18-7-3-4-8-18)10-17-13-6-5-12(15)9-14(13)21(19,20)16-2/h5-6,9,11,16-17H,3-4,7-8,10,15H2,1-2H3. The molecule has 7 heteroatoms. The Morgan fingerprint density at radius 2 is 2.00 bits per heavy atom. The first-order chi connectivity index (χ1) is 9.94. The topological polar surface area (TPSA) is 87.5 Å². The van der Waals surface area contributed by atoms with Crippen LogP contribution in [0.4, 0.5) is 11.4 Å². The Hall–Kier alpha value is -1.31. The van der Waals surface area contributed by atoms with Gasteiger partial charge in [0, 0.05) is 18.3 Å². The van der Waals surface area contributed by atoms with Gasteiger partial charge in [0.2, 0.25) is 10.0 Å². The van der Waals surface area contributed by atoms with Crippen molar-refractivity contribution in [1.82, 2.24) is 9.62 Å². The molecule has 0 aromatic heterocycles. The summed E-state index contributed by atoms with van der Waals surface area (Å²) in [6.45, 7) is 5.09. The number of nitrogens with two attached hydrogens (primary N) is 1. The summed E-state index contributed by atoms with van der Waals surface area (Å²) in [6, 6.07) is 5.28. The molecule has 1 saturated heterocycles. The quantitative estimate of drug-likeness (QED) is 0.684. The zero-order valence-electron chi connectivity index (χ0n) is 12.6. The van der Waals surface area contributed by atoms with Crippen molar-refractivity contribution in [2.24, 2.45) is 0 Å². The molecule has 1 aromatic carbocycles. The second-order valence-corrected chi connectivity index (χ2v) is 7.29. The van der Waals surface area contributed by atoms with Gasteiger partial charge in [-0.2, -0.15) is 0 Å². The maximum atomic E-state index is 12.1. The van der Waals surface area contributed by atoms with Crippen molar-refractivity contribution in [3.63, 3.8) is 0 Å². The molecule has 1 fully saturated rings. The molecule has 1 aliphatic heterocycles. The van der Waals surface area contributed by atoms with Crippen LogP contribution >= 0.6 is 0 Å². The number of anilines is 2. The molecule has 1 unspecified atom stereocenters. The van der Waals surface area contributed by atoms with E-state index in [9.17, 15) is 8.42 Å². The van der Waals surface area contributed by atoms with Crippen LogP contribution in [0.1, 0.15) is 19.8 Å². The van der Waals surface area contributed by atoms with E-state index >= 15 is 0 Å². The molecular weight excluding hydrogens is 288 g/mol. The van der Waals surface area contributed by atoms with Gasteiger partial charge >= 0.3 is 0 Å². The van der Waals surface area contributed by atoms with E-state index in [1.807, 2.05) is 0 Å². The van der Waals surface area contributed by atoms with Crippen LogP contribution in [-0.2, 0) is 10.0 Å². The summed E-state index contributed by atoms with van der Waals surface area (Å²) in [5.74, 6) is 0. The molecule has 2 rings (SSSR count). The molecular formula is C14H24N4O2S. The minimum Gasteiger partial charge on any atom is -0.399 e. The molecule has 0 aliphatic carbocycles. The first-order valence-corrected chi connectivity index (χ1v) is 8.73. The highest BCUT2D eigenvalue weighted by atomic mass is 32.2. The monoisotopic (exact) mass is 312 g/mol. The van der Waals surface area contributed by atoms with E-state index in [1.54, 1.807) is 12.1 Å². The molecule has 0 radical (unpaired) electrons. The third kappa shape index (κ3) is 3.87. The van der Waals surface area contributed by atoms with Gasteiger partial charge in [0.05, 0.1) is 5.69 Å². The predicted octanol–water partition coefficient (Wildman–Crippen LogP) is 1.07. The van der Waals surface area contributed by atoms with E-state index in [0.717, 1.165) is 13.1 Å². The summed E-state index contributed by atoms with van der Waals surface area (Å²) < 4.78 is 26.4. The van der Waals surface area contributed by atoms with Crippen LogP contribution in [0.5, 0.6) is 0 Å². The zero-order chi connectivity index (χ0) is 15.5. The van der Waals surface area contributed by atoms with Crippen LogP contribution in [-0.4, -0.2) is 46.0 Å². The highest BCUT2D eigenvalue weighted by molar-refractivity contribution is 7.89. The van der Waals surface area contributed by atoms with Gasteiger partial charge in [0.25, 0.3) is 0 Å². The Bertz CT molecular complexity index is 583. The van der Waals surface area contributed by atoms with Gasteiger partial charge in [-0.3, -0.25) is 4.90 Å². The Kier molecular flexibility index (Phi) is 5.08. The van der Waals surface area contributed by atoms with Gasteiger partial charge in [-0.15, -0.1) is 0 Å². The Morgan fingerprint density at radius 1 is 1.33 bits per heavy atom. The lowest BCUT2D eigenvalue weighted by atomic mass is 10.2. The first-order valence-electron chi connectivity index (χ1n) is 7.25.